The molecule has 3 rings (SSSR count). The molecule has 0 aromatic heterocycles. The van der Waals surface area contributed by atoms with E-state index in [4.69, 9.17) is 18.5 Å². The fraction of sp³-hybridized carbons (Fsp3) is 0.367. The number of ether oxygens (including phenoxy) is 2. The molecule has 0 fully saturated rings. The van der Waals surface area contributed by atoms with Crippen molar-refractivity contribution in [1.82, 2.24) is 4.67 Å². The molecule has 0 aliphatic rings. The van der Waals surface area contributed by atoms with Gasteiger partial charge in [0.05, 0.1) is 33.3 Å². The van der Waals surface area contributed by atoms with Gasteiger partial charge >= 0.3 is 0 Å². The van der Waals surface area contributed by atoms with Crippen molar-refractivity contribution in [3.63, 3.8) is 0 Å². The molecular weight excluding hydrogens is 483 g/mol. The van der Waals surface area contributed by atoms with Gasteiger partial charge in [0.15, 0.2) is 5.60 Å². The van der Waals surface area contributed by atoms with Gasteiger partial charge in [0.1, 0.15) is 11.5 Å². The first-order valence-corrected chi connectivity index (χ1v) is 13.6. The maximum absolute atomic E-state index is 9.20. The van der Waals surface area contributed by atoms with E-state index in [0.29, 0.717) is 0 Å². The molecule has 0 heterocycles. The SMILES string of the molecule is COc1ccc(C(OP(OCCC#N)N(C(C)C)C(C)C)(c2ccccc2)c2ccc(OC)cc2)cc1. The van der Waals surface area contributed by atoms with Gasteiger partial charge in [-0.05, 0) is 68.7 Å². The Hall–Kier alpha value is -2.94. The highest BCUT2D eigenvalue weighted by Crippen LogP contribution is 2.56. The molecule has 0 radical (unpaired) electrons. The van der Waals surface area contributed by atoms with Crippen molar-refractivity contribution in [3.8, 4) is 17.6 Å². The minimum absolute atomic E-state index is 0.161. The van der Waals surface area contributed by atoms with Gasteiger partial charge in [0.2, 0.25) is 0 Å². The van der Waals surface area contributed by atoms with Crippen LogP contribution in [0, 0.1) is 11.3 Å². The summed E-state index contributed by atoms with van der Waals surface area (Å²) in [4.78, 5) is 0. The molecule has 0 aliphatic carbocycles. The zero-order chi connectivity index (χ0) is 26.8. The van der Waals surface area contributed by atoms with Gasteiger partial charge in [-0.1, -0.05) is 54.6 Å². The van der Waals surface area contributed by atoms with Gasteiger partial charge in [-0.25, -0.2) is 4.67 Å². The zero-order valence-corrected chi connectivity index (χ0v) is 23.4. The Morgan fingerprint density at radius 1 is 0.757 bits per heavy atom. The highest BCUT2D eigenvalue weighted by Gasteiger charge is 2.43. The Bertz CT molecular complexity index is 1070. The minimum Gasteiger partial charge on any atom is -0.497 e. The summed E-state index contributed by atoms with van der Waals surface area (Å²) in [6.45, 7) is 8.83. The van der Waals surface area contributed by atoms with Gasteiger partial charge in [0, 0.05) is 12.1 Å². The molecule has 0 bridgehead atoms. The predicted molar refractivity (Wildman–Crippen MR) is 149 cm³/mol. The smallest absolute Gasteiger partial charge is 0.260 e. The fourth-order valence-electron chi connectivity index (χ4n) is 4.38. The first-order chi connectivity index (χ1) is 17.9. The Kier molecular flexibility index (Phi) is 10.5. The van der Waals surface area contributed by atoms with Gasteiger partial charge in [-0.2, -0.15) is 5.26 Å². The number of nitrogens with zero attached hydrogens (tertiary/aromatic N) is 2. The van der Waals surface area contributed by atoms with Crippen molar-refractivity contribution in [1.29, 1.82) is 5.26 Å². The van der Waals surface area contributed by atoms with Crippen LogP contribution in [0.5, 0.6) is 11.5 Å². The second kappa shape index (κ2) is 13.6. The second-order valence-electron chi connectivity index (χ2n) is 9.14. The molecule has 0 amide bonds. The molecule has 1 unspecified atom stereocenters. The molecule has 0 N–H and O–H groups in total. The molecule has 0 saturated carbocycles. The van der Waals surface area contributed by atoms with Crippen LogP contribution in [0.25, 0.3) is 0 Å². The molecule has 3 aromatic carbocycles. The van der Waals surface area contributed by atoms with Crippen LogP contribution in [0.4, 0.5) is 0 Å². The summed E-state index contributed by atoms with van der Waals surface area (Å²) in [5, 5.41) is 9.20. The quantitative estimate of drug-likeness (QED) is 0.134. The summed E-state index contributed by atoms with van der Waals surface area (Å²) in [7, 11) is 1.74. The van der Waals surface area contributed by atoms with Gasteiger partial charge in [-0.3, -0.25) is 0 Å². The average molecular weight is 521 g/mol. The Balaban J connectivity index is 2.29. The van der Waals surface area contributed by atoms with E-state index in [1.165, 1.54) is 0 Å². The Labute approximate surface area is 222 Å². The zero-order valence-electron chi connectivity index (χ0n) is 22.5. The number of benzene rings is 3. The maximum atomic E-state index is 9.20. The van der Waals surface area contributed by atoms with E-state index < -0.39 is 14.1 Å². The average Bonchev–Trinajstić information content (AvgIpc) is 2.92. The molecule has 1 atom stereocenters. The van der Waals surface area contributed by atoms with Crippen molar-refractivity contribution in [2.45, 2.75) is 51.8 Å². The summed E-state index contributed by atoms with van der Waals surface area (Å²) in [6, 6.07) is 28.6. The lowest BCUT2D eigenvalue weighted by molar-refractivity contribution is 0.102. The van der Waals surface area contributed by atoms with Crippen molar-refractivity contribution >= 4 is 8.53 Å². The second-order valence-corrected chi connectivity index (χ2v) is 10.5. The van der Waals surface area contributed by atoms with Crippen LogP contribution in [0.2, 0.25) is 0 Å². The van der Waals surface area contributed by atoms with Crippen molar-refractivity contribution in [2.75, 3.05) is 20.8 Å². The van der Waals surface area contributed by atoms with Crippen molar-refractivity contribution < 1.29 is 18.5 Å². The summed E-state index contributed by atoms with van der Waals surface area (Å²) >= 11 is 0. The summed E-state index contributed by atoms with van der Waals surface area (Å²) in [5.41, 5.74) is 1.84. The molecular formula is C30H37N2O4P. The van der Waals surface area contributed by atoms with Gasteiger partial charge < -0.3 is 18.5 Å². The Morgan fingerprint density at radius 3 is 1.62 bits per heavy atom. The van der Waals surface area contributed by atoms with Crippen LogP contribution in [-0.4, -0.2) is 37.6 Å². The van der Waals surface area contributed by atoms with Crippen LogP contribution in [0.3, 0.4) is 0 Å². The van der Waals surface area contributed by atoms with Gasteiger partial charge in [-0.15, -0.1) is 0 Å². The summed E-state index contributed by atoms with van der Waals surface area (Å²) in [6.07, 6.45) is 0.287. The van der Waals surface area contributed by atoms with E-state index in [-0.39, 0.29) is 25.1 Å². The summed E-state index contributed by atoms with van der Waals surface area (Å²) in [5.74, 6) is 1.53. The fourth-order valence-corrected chi connectivity index (χ4v) is 6.22. The molecule has 6 nitrogen and oxygen atoms in total. The lowest BCUT2D eigenvalue weighted by Crippen LogP contribution is -2.38. The number of hydrogen-bond donors (Lipinski definition) is 0. The molecule has 7 heteroatoms. The van der Waals surface area contributed by atoms with Crippen molar-refractivity contribution in [3.05, 3.63) is 95.6 Å². The van der Waals surface area contributed by atoms with E-state index in [1.807, 2.05) is 66.7 Å². The number of rotatable bonds is 13. The third-order valence-corrected chi connectivity index (χ3v) is 8.19. The highest BCUT2D eigenvalue weighted by atomic mass is 31.2. The van der Waals surface area contributed by atoms with E-state index >= 15 is 0 Å². The first-order valence-electron chi connectivity index (χ1n) is 12.5. The van der Waals surface area contributed by atoms with E-state index in [0.717, 1.165) is 28.2 Å². The Morgan fingerprint density at radius 2 is 1.22 bits per heavy atom. The molecule has 37 heavy (non-hydrogen) atoms. The summed E-state index contributed by atoms with van der Waals surface area (Å²) < 4.78 is 26.8. The number of hydrogen-bond acceptors (Lipinski definition) is 6. The number of methoxy groups -OCH3 is 2. The van der Waals surface area contributed by atoms with Crippen LogP contribution >= 0.6 is 8.53 Å². The van der Waals surface area contributed by atoms with Crippen LogP contribution in [0.15, 0.2) is 78.9 Å². The van der Waals surface area contributed by atoms with Gasteiger partial charge in [0.25, 0.3) is 8.53 Å². The first kappa shape index (κ1) is 28.6. The predicted octanol–water partition coefficient (Wildman–Crippen LogP) is 7.29. The lowest BCUT2D eigenvalue weighted by atomic mass is 9.80. The molecule has 196 valence electrons. The highest BCUT2D eigenvalue weighted by molar-refractivity contribution is 7.44. The van der Waals surface area contributed by atoms with E-state index in [9.17, 15) is 5.26 Å². The molecule has 0 saturated heterocycles. The van der Waals surface area contributed by atoms with Crippen molar-refractivity contribution in [2.24, 2.45) is 0 Å². The topological polar surface area (TPSA) is 64.0 Å². The van der Waals surface area contributed by atoms with Crippen LogP contribution in [-0.2, 0) is 14.6 Å². The van der Waals surface area contributed by atoms with Crippen LogP contribution < -0.4 is 9.47 Å². The number of nitriles is 1. The standard InChI is InChI=1S/C30H37N2O4P/c1-23(2)32(24(3)4)37(35-22-10-21-31)36-30(25-11-8-7-9-12-25,26-13-17-28(33-5)18-14-26)27-15-19-29(34-6)20-16-27/h7-9,11-20,23-24H,10,22H2,1-6H3. The lowest BCUT2D eigenvalue weighted by Gasteiger charge is -2.43. The van der Waals surface area contributed by atoms with Crippen LogP contribution in [0.1, 0.15) is 50.8 Å². The normalized spacial score (nSPS) is 12.5. The third kappa shape index (κ3) is 6.69. The molecule has 3 aromatic rings. The minimum atomic E-state index is -1.58. The molecule has 0 aliphatic heterocycles. The monoisotopic (exact) mass is 520 g/mol. The third-order valence-electron chi connectivity index (χ3n) is 6.05. The molecule has 0 spiro atoms. The maximum Gasteiger partial charge on any atom is 0.260 e. The van der Waals surface area contributed by atoms with E-state index in [1.54, 1.807) is 14.2 Å². The van der Waals surface area contributed by atoms with E-state index in [2.05, 4.69) is 50.6 Å². The largest absolute Gasteiger partial charge is 0.497 e.